The van der Waals surface area contributed by atoms with Gasteiger partial charge in [0.2, 0.25) is 11.7 Å². The summed E-state index contributed by atoms with van der Waals surface area (Å²) in [5.41, 5.74) is 4.82. The second kappa shape index (κ2) is 5.77. The van der Waals surface area contributed by atoms with Crippen LogP contribution < -0.4 is 0 Å². The summed E-state index contributed by atoms with van der Waals surface area (Å²) in [7, 11) is 1.90. The highest BCUT2D eigenvalue weighted by molar-refractivity contribution is 7.07. The van der Waals surface area contributed by atoms with Crippen molar-refractivity contribution in [2.75, 3.05) is 0 Å². The minimum Gasteiger partial charge on any atom is -0.339 e. The number of hydrogen-bond acceptors (Lipinski definition) is 6. The Bertz CT molecular complexity index is 714. The Hall–Kier alpha value is -2.02. The molecule has 0 unspecified atom stereocenters. The summed E-state index contributed by atoms with van der Waals surface area (Å²) in [4.78, 5) is 8.73. The highest BCUT2D eigenvalue weighted by Gasteiger charge is 2.18. The second-order valence-electron chi connectivity index (χ2n) is 5.25. The first-order chi connectivity index (χ1) is 10.1. The summed E-state index contributed by atoms with van der Waals surface area (Å²) in [6.07, 6.45) is 3.45. The van der Waals surface area contributed by atoms with E-state index in [1.165, 1.54) is 0 Å². The smallest absolute Gasteiger partial charge is 0.227 e. The Morgan fingerprint density at radius 2 is 2.19 bits per heavy atom. The molecule has 0 aliphatic carbocycles. The van der Waals surface area contributed by atoms with Crippen molar-refractivity contribution in [3.05, 3.63) is 34.4 Å². The van der Waals surface area contributed by atoms with Crippen LogP contribution in [0.4, 0.5) is 0 Å². The normalized spacial score (nSPS) is 11.4. The van der Waals surface area contributed by atoms with Crippen LogP contribution in [-0.2, 0) is 19.9 Å². The van der Waals surface area contributed by atoms with Gasteiger partial charge in [0.15, 0.2) is 0 Å². The third kappa shape index (κ3) is 3.02. The van der Waals surface area contributed by atoms with Crippen molar-refractivity contribution in [3.63, 3.8) is 0 Å². The van der Waals surface area contributed by atoms with Gasteiger partial charge < -0.3 is 4.52 Å². The number of aryl methyl sites for hydroxylation is 3. The lowest BCUT2D eigenvalue weighted by Crippen LogP contribution is -1.94. The Morgan fingerprint density at radius 1 is 1.33 bits per heavy atom. The maximum atomic E-state index is 5.34. The molecular formula is C14H17N5OS. The van der Waals surface area contributed by atoms with E-state index >= 15 is 0 Å². The number of aromatic nitrogens is 5. The SMILES string of the molecule is CC(C)c1nn(C)cc1-c1noc(CCc2cscn2)n1. The lowest BCUT2D eigenvalue weighted by molar-refractivity contribution is 0.378. The summed E-state index contributed by atoms with van der Waals surface area (Å²) in [5.74, 6) is 1.56. The summed E-state index contributed by atoms with van der Waals surface area (Å²) in [5, 5.41) is 10.6. The molecule has 0 amide bonds. The number of rotatable bonds is 5. The average molecular weight is 303 g/mol. The Balaban J connectivity index is 1.78. The first kappa shape index (κ1) is 13.9. The van der Waals surface area contributed by atoms with Crippen LogP contribution in [0.15, 0.2) is 21.6 Å². The zero-order valence-corrected chi connectivity index (χ0v) is 13.1. The second-order valence-corrected chi connectivity index (χ2v) is 5.97. The minimum atomic E-state index is 0.318. The molecule has 110 valence electrons. The van der Waals surface area contributed by atoms with Crippen molar-refractivity contribution in [2.24, 2.45) is 7.05 Å². The van der Waals surface area contributed by atoms with E-state index in [2.05, 4.69) is 34.1 Å². The zero-order chi connectivity index (χ0) is 14.8. The molecule has 0 aliphatic rings. The van der Waals surface area contributed by atoms with Crippen molar-refractivity contribution >= 4 is 11.3 Å². The van der Waals surface area contributed by atoms with Gasteiger partial charge in [-0.05, 0) is 12.3 Å². The van der Waals surface area contributed by atoms with Gasteiger partial charge in [0.1, 0.15) is 0 Å². The first-order valence-electron chi connectivity index (χ1n) is 6.87. The summed E-state index contributed by atoms with van der Waals surface area (Å²) < 4.78 is 7.13. The molecule has 7 heteroatoms. The standard InChI is InChI=1S/C14H17N5OS/c1-9(2)13-11(6-19(3)17-13)14-16-12(20-18-14)5-4-10-7-21-8-15-10/h6-9H,4-5H2,1-3H3. The molecule has 3 aromatic heterocycles. The van der Waals surface area contributed by atoms with Crippen LogP contribution in [0.2, 0.25) is 0 Å². The topological polar surface area (TPSA) is 69.6 Å². The molecule has 0 fully saturated rings. The molecule has 0 aliphatic heterocycles. The Labute approximate surface area is 126 Å². The quantitative estimate of drug-likeness (QED) is 0.725. The molecule has 0 atom stereocenters. The monoisotopic (exact) mass is 303 g/mol. The predicted octanol–water partition coefficient (Wildman–Crippen LogP) is 2.84. The zero-order valence-electron chi connectivity index (χ0n) is 12.3. The minimum absolute atomic E-state index is 0.318. The third-order valence-corrected chi connectivity index (χ3v) is 3.83. The summed E-state index contributed by atoms with van der Waals surface area (Å²) in [6, 6.07) is 0. The average Bonchev–Trinajstić information content (AvgIpc) is 3.16. The molecule has 6 nitrogen and oxygen atoms in total. The van der Waals surface area contributed by atoms with Gasteiger partial charge in [-0.3, -0.25) is 4.68 Å². The van der Waals surface area contributed by atoms with E-state index in [0.717, 1.165) is 23.4 Å². The molecule has 0 spiro atoms. The molecular weight excluding hydrogens is 286 g/mol. The van der Waals surface area contributed by atoms with Gasteiger partial charge in [0, 0.05) is 25.0 Å². The largest absolute Gasteiger partial charge is 0.339 e. The molecule has 0 N–H and O–H groups in total. The fraction of sp³-hybridized carbons (Fsp3) is 0.429. The molecule has 3 heterocycles. The van der Waals surface area contributed by atoms with Crippen LogP contribution in [0.1, 0.15) is 37.0 Å². The predicted molar refractivity (Wildman–Crippen MR) is 80.1 cm³/mol. The van der Waals surface area contributed by atoms with Gasteiger partial charge >= 0.3 is 0 Å². The van der Waals surface area contributed by atoms with Crippen molar-refractivity contribution in [1.29, 1.82) is 0 Å². The van der Waals surface area contributed by atoms with Gasteiger partial charge in [-0.2, -0.15) is 10.1 Å². The number of hydrogen-bond donors (Lipinski definition) is 0. The van der Waals surface area contributed by atoms with E-state index in [1.54, 1.807) is 16.0 Å². The van der Waals surface area contributed by atoms with Crippen molar-refractivity contribution in [3.8, 4) is 11.4 Å². The van der Waals surface area contributed by atoms with Crippen LogP contribution in [0.5, 0.6) is 0 Å². The van der Waals surface area contributed by atoms with E-state index in [9.17, 15) is 0 Å². The molecule has 0 saturated heterocycles. The molecule has 3 rings (SSSR count). The Kier molecular flexibility index (Phi) is 3.83. The number of nitrogens with zero attached hydrogens (tertiary/aromatic N) is 5. The lowest BCUT2D eigenvalue weighted by atomic mass is 10.1. The van der Waals surface area contributed by atoms with E-state index in [1.807, 2.05) is 24.1 Å². The highest BCUT2D eigenvalue weighted by atomic mass is 32.1. The molecule has 0 bridgehead atoms. The fourth-order valence-corrected chi connectivity index (χ4v) is 2.76. The van der Waals surface area contributed by atoms with Crippen molar-refractivity contribution < 1.29 is 4.52 Å². The molecule has 0 radical (unpaired) electrons. The van der Waals surface area contributed by atoms with E-state index < -0.39 is 0 Å². The van der Waals surface area contributed by atoms with Crippen LogP contribution in [0.25, 0.3) is 11.4 Å². The van der Waals surface area contributed by atoms with Gasteiger partial charge in [-0.25, -0.2) is 4.98 Å². The van der Waals surface area contributed by atoms with Gasteiger partial charge in [0.05, 0.1) is 22.5 Å². The maximum absolute atomic E-state index is 5.34. The van der Waals surface area contributed by atoms with Crippen LogP contribution in [0.3, 0.4) is 0 Å². The summed E-state index contributed by atoms with van der Waals surface area (Å²) >= 11 is 1.60. The third-order valence-electron chi connectivity index (χ3n) is 3.19. The summed E-state index contributed by atoms with van der Waals surface area (Å²) in [6.45, 7) is 4.21. The van der Waals surface area contributed by atoms with Gasteiger partial charge in [-0.15, -0.1) is 11.3 Å². The molecule has 0 saturated carbocycles. The fourth-order valence-electron chi connectivity index (χ4n) is 2.17. The van der Waals surface area contributed by atoms with Gasteiger partial charge in [-0.1, -0.05) is 19.0 Å². The van der Waals surface area contributed by atoms with Crippen molar-refractivity contribution in [2.45, 2.75) is 32.6 Å². The van der Waals surface area contributed by atoms with Gasteiger partial charge in [0.25, 0.3) is 0 Å². The maximum Gasteiger partial charge on any atom is 0.227 e. The lowest BCUT2D eigenvalue weighted by Gasteiger charge is -2.00. The first-order valence-corrected chi connectivity index (χ1v) is 7.81. The molecule has 0 aromatic carbocycles. The van der Waals surface area contributed by atoms with E-state index in [0.29, 0.717) is 24.1 Å². The Morgan fingerprint density at radius 3 is 2.90 bits per heavy atom. The van der Waals surface area contributed by atoms with Crippen molar-refractivity contribution in [1.82, 2.24) is 24.9 Å². The van der Waals surface area contributed by atoms with Crippen LogP contribution >= 0.6 is 11.3 Å². The van der Waals surface area contributed by atoms with E-state index in [4.69, 9.17) is 4.52 Å². The molecule has 3 aromatic rings. The highest BCUT2D eigenvalue weighted by Crippen LogP contribution is 2.25. The van der Waals surface area contributed by atoms with Crippen LogP contribution in [-0.4, -0.2) is 24.9 Å². The molecule has 21 heavy (non-hydrogen) atoms. The number of thiazole rings is 1. The van der Waals surface area contributed by atoms with E-state index in [-0.39, 0.29) is 0 Å². The van der Waals surface area contributed by atoms with Crippen LogP contribution in [0, 0.1) is 0 Å².